The van der Waals surface area contributed by atoms with Crippen LogP contribution in [0.5, 0.6) is 5.75 Å². The molecule has 3 aliphatic carbocycles. The minimum absolute atomic E-state index is 0.0503. The number of benzene rings is 1. The lowest BCUT2D eigenvalue weighted by atomic mass is 9.57. The van der Waals surface area contributed by atoms with Gasteiger partial charge in [0.25, 0.3) is 5.91 Å². The second-order valence-corrected chi connectivity index (χ2v) is 8.68. The molecule has 1 aromatic carbocycles. The molecule has 1 saturated carbocycles. The summed E-state index contributed by atoms with van der Waals surface area (Å²) in [6.45, 7) is 2.14. The zero-order valence-corrected chi connectivity index (χ0v) is 18.1. The Kier molecular flexibility index (Phi) is 5.14. The molecule has 0 aliphatic heterocycles. The summed E-state index contributed by atoms with van der Waals surface area (Å²) in [5.74, 6) is -5.41. The van der Waals surface area contributed by atoms with Crippen molar-refractivity contribution in [3.63, 3.8) is 0 Å². The molecule has 9 nitrogen and oxygen atoms in total. The van der Waals surface area contributed by atoms with E-state index in [-0.39, 0.29) is 17.8 Å². The second-order valence-electron chi connectivity index (χ2n) is 8.68. The Morgan fingerprint density at radius 1 is 1.28 bits per heavy atom. The third-order valence-corrected chi connectivity index (χ3v) is 6.74. The number of rotatable bonds is 4. The van der Waals surface area contributed by atoms with Gasteiger partial charge in [-0.25, -0.2) is 0 Å². The molecule has 4 unspecified atom stereocenters. The molecule has 1 fully saturated rings. The molecular weight excluding hydrogens is 416 g/mol. The smallest absolute Gasteiger partial charge is 0.255 e. The van der Waals surface area contributed by atoms with Crippen LogP contribution in [-0.2, 0) is 20.8 Å². The first-order valence-electron chi connectivity index (χ1n) is 10.4. The molecule has 4 rings (SSSR count). The zero-order chi connectivity index (χ0) is 23.5. The van der Waals surface area contributed by atoms with Gasteiger partial charge in [0.15, 0.2) is 11.4 Å². The molecule has 1 amide bonds. The number of likely N-dealkylation sites (N-methyl/N-ethyl adjacent to an activating group) is 1. The van der Waals surface area contributed by atoms with Gasteiger partial charge < -0.3 is 25.8 Å². The number of hydrogen-bond donors (Lipinski definition) is 4. The third-order valence-electron chi connectivity index (χ3n) is 6.74. The number of Topliss-reactive ketones (excluding diaryl/α,β-unsaturated/α-hetero) is 2. The van der Waals surface area contributed by atoms with Crippen LogP contribution in [0.15, 0.2) is 35.1 Å². The average molecular weight is 442 g/mol. The van der Waals surface area contributed by atoms with Gasteiger partial charge >= 0.3 is 0 Å². The fourth-order valence-corrected chi connectivity index (χ4v) is 5.44. The van der Waals surface area contributed by atoms with Gasteiger partial charge in [-0.1, -0.05) is 12.1 Å². The van der Waals surface area contributed by atoms with Crippen molar-refractivity contribution in [1.29, 1.82) is 0 Å². The fraction of sp³-hybridized carbons (Fsp3) is 0.435. The maximum Gasteiger partial charge on any atom is 0.255 e. The number of carbonyl (C=O) groups is 3. The van der Waals surface area contributed by atoms with E-state index in [2.05, 4.69) is 0 Å². The Morgan fingerprint density at radius 3 is 2.56 bits per heavy atom. The summed E-state index contributed by atoms with van der Waals surface area (Å²) in [5, 5.41) is 33.5. The van der Waals surface area contributed by atoms with Crippen LogP contribution in [0.25, 0.3) is 5.76 Å². The monoisotopic (exact) mass is 442 g/mol. The molecule has 4 atom stereocenters. The predicted molar refractivity (Wildman–Crippen MR) is 114 cm³/mol. The Morgan fingerprint density at radius 2 is 1.97 bits per heavy atom. The van der Waals surface area contributed by atoms with Crippen molar-refractivity contribution in [2.24, 2.45) is 17.6 Å². The number of nitrogens with zero attached hydrogens (tertiary/aromatic N) is 1. The van der Waals surface area contributed by atoms with Gasteiger partial charge in [-0.15, -0.1) is 0 Å². The Bertz CT molecular complexity index is 1100. The van der Waals surface area contributed by atoms with E-state index >= 15 is 0 Å². The van der Waals surface area contributed by atoms with Crippen LogP contribution in [-0.4, -0.2) is 70.0 Å². The van der Waals surface area contributed by atoms with E-state index in [1.807, 2.05) is 6.07 Å². The van der Waals surface area contributed by atoms with E-state index in [0.29, 0.717) is 24.3 Å². The van der Waals surface area contributed by atoms with Crippen LogP contribution < -0.4 is 10.5 Å². The van der Waals surface area contributed by atoms with E-state index in [9.17, 15) is 29.7 Å². The maximum absolute atomic E-state index is 13.7. The van der Waals surface area contributed by atoms with Gasteiger partial charge in [-0.3, -0.25) is 19.3 Å². The van der Waals surface area contributed by atoms with Gasteiger partial charge in [0.05, 0.1) is 18.2 Å². The summed E-state index contributed by atoms with van der Waals surface area (Å²) >= 11 is 0. The van der Waals surface area contributed by atoms with Gasteiger partial charge in [0.1, 0.15) is 22.8 Å². The Balaban J connectivity index is 1.96. The number of aliphatic hydroxyl groups excluding tert-OH is 2. The Labute approximate surface area is 184 Å². The van der Waals surface area contributed by atoms with Crippen molar-refractivity contribution in [1.82, 2.24) is 4.90 Å². The summed E-state index contributed by atoms with van der Waals surface area (Å²) < 4.78 is 5.61. The number of ketones is 2. The molecular formula is C23H26N2O7. The molecule has 0 heterocycles. The molecule has 9 heteroatoms. The van der Waals surface area contributed by atoms with Crippen LogP contribution in [0.3, 0.4) is 0 Å². The largest absolute Gasteiger partial charge is 0.508 e. The van der Waals surface area contributed by atoms with Crippen molar-refractivity contribution in [2.75, 3.05) is 20.7 Å². The first-order chi connectivity index (χ1) is 15.0. The van der Waals surface area contributed by atoms with Gasteiger partial charge in [-0.2, -0.15) is 0 Å². The van der Waals surface area contributed by atoms with E-state index in [4.69, 9.17) is 10.5 Å². The summed E-state index contributed by atoms with van der Waals surface area (Å²) in [6, 6.07) is 4.24. The summed E-state index contributed by atoms with van der Waals surface area (Å²) in [7, 11) is 3.17. The number of fused-ring (bicyclic) bond motifs is 3. The van der Waals surface area contributed by atoms with Gasteiger partial charge in [0, 0.05) is 11.5 Å². The van der Waals surface area contributed by atoms with Crippen molar-refractivity contribution in [3.05, 3.63) is 46.2 Å². The molecule has 1 aromatic rings. The Hall–Kier alpha value is -3.17. The predicted octanol–water partition coefficient (Wildman–Crippen LogP) is 0.657. The van der Waals surface area contributed by atoms with Crippen LogP contribution in [0, 0.1) is 11.8 Å². The van der Waals surface area contributed by atoms with E-state index < -0.39 is 52.3 Å². The molecule has 0 spiro atoms. The second kappa shape index (κ2) is 7.46. The zero-order valence-electron chi connectivity index (χ0n) is 18.1. The third kappa shape index (κ3) is 2.81. The number of aliphatic hydroxyl groups is 3. The first kappa shape index (κ1) is 22.0. The van der Waals surface area contributed by atoms with Crippen molar-refractivity contribution >= 4 is 23.2 Å². The van der Waals surface area contributed by atoms with Crippen LogP contribution >= 0.6 is 0 Å². The quantitative estimate of drug-likeness (QED) is 0.497. The average Bonchev–Trinajstić information content (AvgIpc) is 2.70. The first-order valence-corrected chi connectivity index (χ1v) is 10.4. The number of hydrogen-bond acceptors (Lipinski definition) is 8. The standard InChI is InChI=1S/C23H26N2O7/c1-4-32-13-7-5-6-10-8-11-9-12-17(25(2)3)19(27)16(22(24)30)21(29)23(12,31)20(28)15(11)18(26)14(10)13/h5-7,11-12,17,26,29,31H,4,8-9H2,1-3H3,(H2,24,30). The molecule has 5 N–H and O–H groups in total. The minimum Gasteiger partial charge on any atom is -0.508 e. The van der Waals surface area contributed by atoms with E-state index in [1.165, 1.54) is 4.90 Å². The lowest BCUT2D eigenvalue weighted by Crippen LogP contribution is -2.65. The topological polar surface area (TPSA) is 150 Å². The van der Waals surface area contributed by atoms with Crippen molar-refractivity contribution < 1.29 is 34.4 Å². The number of amides is 1. The van der Waals surface area contributed by atoms with Crippen molar-refractivity contribution in [3.8, 4) is 5.75 Å². The highest BCUT2D eigenvalue weighted by atomic mass is 16.5. The summed E-state index contributed by atoms with van der Waals surface area (Å²) in [5.41, 5.74) is 3.06. The van der Waals surface area contributed by atoms with Crippen molar-refractivity contribution in [2.45, 2.75) is 31.4 Å². The molecule has 170 valence electrons. The van der Waals surface area contributed by atoms with Crippen LogP contribution in [0.1, 0.15) is 24.5 Å². The normalized spacial score (nSPS) is 29.6. The summed E-state index contributed by atoms with van der Waals surface area (Å²) in [4.78, 5) is 40.1. The van der Waals surface area contributed by atoms with E-state index in [1.54, 1.807) is 33.2 Å². The maximum atomic E-state index is 13.7. The highest BCUT2D eigenvalue weighted by molar-refractivity contribution is 6.24. The lowest BCUT2D eigenvalue weighted by Gasteiger charge is -2.50. The van der Waals surface area contributed by atoms with E-state index in [0.717, 1.165) is 5.56 Å². The molecule has 0 saturated heterocycles. The molecule has 3 aliphatic rings. The highest BCUT2D eigenvalue weighted by Gasteiger charge is 2.64. The summed E-state index contributed by atoms with van der Waals surface area (Å²) in [6.07, 6.45) is 0.514. The van der Waals surface area contributed by atoms with Crippen LogP contribution in [0.4, 0.5) is 0 Å². The van der Waals surface area contributed by atoms with Crippen LogP contribution in [0.2, 0.25) is 0 Å². The van der Waals surface area contributed by atoms with Gasteiger partial charge in [0.2, 0.25) is 5.78 Å². The molecule has 32 heavy (non-hydrogen) atoms. The SMILES string of the molecule is CCOc1cccc2c1C(O)=C1C(=O)C3(O)C(O)=C(C(N)=O)C(=O)C(N(C)C)C3CC1C2. The molecule has 0 bridgehead atoms. The molecule has 0 aromatic heterocycles. The number of ether oxygens (including phenoxy) is 1. The lowest BCUT2D eigenvalue weighted by molar-refractivity contribution is -0.153. The highest BCUT2D eigenvalue weighted by Crippen LogP contribution is 2.52. The number of primary amides is 1. The fourth-order valence-electron chi connectivity index (χ4n) is 5.44. The number of carbonyl (C=O) groups excluding carboxylic acids is 3. The number of nitrogens with two attached hydrogens (primary N) is 1. The molecule has 0 radical (unpaired) electrons. The minimum atomic E-state index is -2.56. The van der Waals surface area contributed by atoms with Gasteiger partial charge in [-0.05, 0) is 51.4 Å².